The van der Waals surface area contributed by atoms with Gasteiger partial charge in [0.25, 0.3) is 0 Å². The monoisotopic (exact) mass is 461 g/mol. The van der Waals surface area contributed by atoms with Crippen molar-refractivity contribution in [3.63, 3.8) is 0 Å². The van der Waals surface area contributed by atoms with E-state index in [0.717, 1.165) is 26.7 Å². The van der Waals surface area contributed by atoms with Crippen LogP contribution in [0.1, 0.15) is 11.1 Å². The summed E-state index contributed by atoms with van der Waals surface area (Å²) in [5, 5.41) is 10.1. The number of carboxylic acids is 1. The number of pyridine rings is 1. The number of anilines is 1. The van der Waals surface area contributed by atoms with Crippen LogP contribution in [0.5, 0.6) is 0 Å². The minimum absolute atomic E-state index is 0.242. The molecule has 1 N–H and O–H groups in total. The predicted octanol–water partition coefficient (Wildman–Crippen LogP) is 3.64. The molecule has 1 aliphatic rings. The van der Waals surface area contributed by atoms with Crippen LogP contribution in [-0.2, 0) is 22.5 Å². The van der Waals surface area contributed by atoms with Gasteiger partial charge in [0.1, 0.15) is 10.3 Å². The molecule has 0 saturated carbocycles. The lowest BCUT2D eigenvalue weighted by atomic mass is 9.99. The van der Waals surface area contributed by atoms with Crippen molar-refractivity contribution in [1.29, 1.82) is 0 Å². The first-order valence-corrected chi connectivity index (χ1v) is 11.6. The molecule has 0 aliphatic carbocycles. The molecule has 1 aliphatic heterocycles. The lowest BCUT2D eigenvalue weighted by molar-refractivity contribution is -0.136. The number of nitrogens with zero attached hydrogens (tertiary/aromatic N) is 3. The Bertz CT molecular complexity index is 1360. The van der Waals surface area contributed by atoms with Crippen molar-refractivity contribution in [2.75, 3.05) is 31.2 Å². The maximum absolute atomic E-state index is 13.1. The largest absolute Gasteiger partial charge is 0.481 e. The van der Waals surface area contributed by atoms with E-state index in [2.05, 4.69) is 34.1 Å². The van der Waals surface area contributed by atoms with Crippen LogP contribution in [0.25, 0.3) is 21.5 Å². The Morgan fingerprint density at radius 3 is 2.52 bits per heavy atom. The summed E-state index contributed by atoms with van der Waals surface area (Å²) in [6, 6.07) is 18.3. The summed E-state index contributed by atoms with van der Waals surface area (Å²) in [7, 11) is 0. The van der Waals surface area contributed by atoms with E-state index in [9.17, 15) is 14.7 Å². The molecule has 8 heteroatoms. The first-order chi connectivity index (χ1) is 16.1. The Morgan fingerprint density at radius 1 is 1.03 bits per heavy atom. The molecule has 33 heavy (non-hydrogen) atoms. The standard InChI is InChI=1S/C25H23N3O4S/c29-21(30)14-19-16-28(15-18-8-4-5-9-20(18)17-6-2-1-3-7-17)24-22(23(19)31)26-25(33-24)27-10-12-32-13-11-27/h1-9,16H,10-15H2,(H,29,30). The van der Waals surface area contributed by atoms with Gasteiger partial charge in [0, 0.05) is 31.4 Å². The molecule has 3 heterocycles. The van der Waals surface area contributed by atoms with Crippen molar-refractivity contribution in [2.45, 2.75) is 13.0 Å². The maximum Gasteiger partial charge on any atom is 0.308 e. The molecule has 0 atom stereocenters. The number of ether oxygens (including phenoxy) is 1. The molecule has 0 spiro atoms. The number of thiazole rings is 1. The smallest absolute Gasteiger partial charge is 0.308 e. The normalized spacial score (nSPS) is 14.0. The lowest BCUT2D eigenvalue weighted by Gasteiger charge is -2.25. The number of carbonyl (C=O) groups is 1. The summed E-state index contributed by atoms with van der Waals surface area (Å²) >= 11 is 1.47. The summed E-state index contributed by atoms with van der Waals surface area (Å²) in [5.41, 5.74) is 3.55. The highest BCUT2D eigenvalue weighted by molar-refractivity contribution is 7.21. The third-order valence-corrected chi connectivity index (χ3v) is 6.90. The van der Waals surface area contributed by atoms with Gasteiger partial charge in [0.2, 0.25) is 5.43 Å². The van der Waals surface area contributed by atoms with Gasteiger partial charge in [-0.1, -0.05) is 65.9 Å². The van der Waals surface area contributed by atoms with Crippen molar-refractivity contribution in [1.82, 2.24) is 9.55 Å². The Balaban J connectivity index is 1.63. The van der Waals surface area contributed by atoms with Gasteiger partial charge in [-0.05, 0) is 16.7 Å². The SMILES string of the molecule is O=C(O)Cc1cn(Cc2ccccc2-c2ccccc2)c2sc(N3CCOCC3)nc2c1=O. The first kappa shape index (κ1) is 21.4. The van der Waals surface area contributed by atoms with Crippen LogP contribution in [0, 0.1) is 0 Å². The van der Waals surface area contributed by atoms with Crippen LogP contribution in [0.2, 0.25) is 0 Å². The van der Waals surface area contributed by atoms with Crippen LogP contribution in [0.4, 0.5) is 5.13 Å². The third kappa shape index (κ3) is 4.40. The predicted molar refractivity (Wildman–Crippen MR) is 129 cm³/mol. The van der Waals surface area contributed by atoms with Crippen LogP contribution >= 0.6 is 11.3 Å². The molecule has 168 valence electrons. The molecule has 0 amide bonds. The first-order valence-electron chi connectivity index (χ1n) is 10.8. The van der Waals surface area contributed by atoms with Gasteiger partial charge in [-0.3, -0.25) is 9.59 Å². The Kier molecular flexibility index (Phi) is 5.93. The highest BCUT2D eigenvalue weighted by atomic mass is 32.1. The molecule has 1 fully saturated rings. The molecule has 2 aromatic carbocycles. The fourth-order valence-electron chi connectivity index (χ4n) is 4.14. The zero-order chi connectivity index (χ0) is 22.8. The number of morpholine rings is 1. The van der Waals surface area contributed by atoms with E-state index in [-0.39, 0.29) is 17.4 Å². The van der Waals surface area contributed by atoms with Gasteiger partial charge in [-0.25, -0.2) is 4.98 Å². The number of benzene rings is 2. The second-order valence-corrected chi connectivity index (χ2v) is 8.91. The van der Waals surface area contributed by atoms with Crippen LogP contribution < -0.4 is 10.3 Å². The molecule has 2 aromatic heterocycles. The zero-order valence-electron chi connectivity index (χ0n) is 17.9. The third-order valence-electron chi connectivity index (χ3n) is 5.74. The van der Waals surface area contributed by atoms with Crippen molar-refractivity contribution >= 4 is 32.8 Å². The number of fused-ring (bicyclic) bond motifs is 1. The van der Waals surface area contributed by atoms with E-state index in [1.165, 1.54) is 11.3 Å². The van der Waals surface area contributed by atoms with Gasteiger partial charge in [-0.2, -0.15) is 0 Å². The highest BCUT2D eigenvalue weighted by Crippen LogP contribution is 2.30. The van der Waals surface area contributed by atoms with Crippen molar-refractivity contribution < 1.29 is 14.6 Å². The molecule has 5 rings (SSSR count). The van der Waals surface area contributed by atoms with E-state index in [1.807, 2.05) is 34.9 Å². The number of aliphatic carboxylic acids is 1. The molecule has 0 bridgehead atoms. The average molecular weight is 462 g/mol. The van der Waals surface area contributed by atoms with E-state index >= 15 is 0 Å². The van der Waals surface area contributed by atoms with Crippen LogP contribution in [0.15, 0.2) is 65.6 Å². The summed E-state index contributed by atoms with van der Waals surface area (Å²) in [4.78, 5) is 32.0. The quantitative estimate of drug-likeness (QED) is 0.472. The lowest BCUT2D eigenvalue weighted by Crippen LogP contribution is -2.36. The molecular weight excluding hydrogens is 438 g/mol. The van der Waals surface area contributed by atoms with E-state index in [0.29, 0.717) is 38.4 Å². The number of carboxylic acid groups (broad SMARTS) is 1. The van der Waals surface area contributed by atoms with Crippen molar-refractivity contribution in [3.05, 3.63) is 82.1 Å². The van der Waals surface area contributed by atoms with Gasteiger partial charge in [0.05, 0.1) is 19.6 Å². The molecule has 1 saturated heterocycles. The minimum atomic E-state index is -1.04. The second-order valence-electron chi connectivity index (χ2n) is 7.95. The number of hydrogen-bond donors (Lipinski definition) is 1. The van der Waals surface area contributed by atoms with Crippen LogP contribution in [-0.4, -0.2) is 46.9 Å². The fourth-order valence-corrected chi connectivity index (χ4v) is 5.23. The second kappa shape index (κ2) is 9.17. The van der Waals surface area contributed by atoms with Gasteiger partial charge in [-0.15, -0.1) is 0 Å². The fraction of sp³-hybridized carbons (Fsp3) is 0.240. The summed E-state index contributed by atoms with van der Waals surface area (Å²) in [6.45, 7) is 3.17. The topological polar surface area (TPSA) is 84.7 Å². The molecule has 7 nitrogen and oxygen atoms in total. The summed E-state index contributed by atoms with van der Waals surface area (Å²) < 4.78 is 7.41. The number of aromatic nitrogens is 2. The zero-order valence-corrected chi connectivity index (χ0v) is 18.8. The molecular formula is C25H23N3O4S. The maximum atomic E-state index is 13.1. The van der Waals surface area contributed by atoms with Crippen molar-refractivity contribution in [2.24, 2.45) is 0 Å². The minimum Gasteiger partial charge on any atom is -0.481 e. The van der Waals surface area contributed by atoms with Crippen molar-refractivity contribution in [3.8, 4) is 11.1 Å². The molecule has 0 unspecified atom stereocenters. The molecule has 4 aromatic rings. The summed E-state index contributed by atoms with van der Waals surface area (Å²) in [5.74, 6) is -1.04. The summed E-state index contributed by atoms with van der Waals surface area (Å²) in [6.07, 6.45) is 1.35. The Hall–Kier alpha value is -3.49. The van der Waals surface area contributed by atoms with E-state index in [4.69, 9.17) is 4.74 Å². The Labute approximate surface area is 194 Å². The number of rotatable bonds is 6. The van der Waals surface area contributed by atoms with Gasteiger partial charge < -0.3 is 19.3 Å². The Morgan fingerprint density at radius 2 is 1.76 bits per heavy atom. The van der Waals surface area contributed by atoms with Crippen LogP contribution in [0.3, 0.4) is 0 Å². The average Bonchev–Trinajstić information content (AvgIpc) is 3.30. The highest BCUT2D eigenvalue weighted by Gasteiger charge is 2.21. The molecule has 0 radical (unpaired) electrons. The number of hydrogen-bond acceptors (Lipinski definition) is 6. The van der Waals surface area contributed by atoms with Gasteiger partial charge in [0.15, 0.2) is 5.13 Å². The van der Waals surface area contributed by atoms with Gasteiger partial charge >= 0.3 is 5.97 Å². The van der Waals surface area contributed by atoms with E-state index in [1.54, 1.807) is 6.20 Å². The van der Waals surface area contributed by atoms with E-state index < -0.39 is 5.97 Å².